The molecular formula is C19H32O2. The molecule has 3 atom stereocenters. The number of allylic oxidation sites excluding steroid dienone is 3. The zero-order valence-electron chi connectivity index (χ0n) is 14.2. The third kappa shape index (κ3) is 3.78. The highest BCUT2D eigenvalue weighted by atomic mass is 16.5. The van der Waals surface area contributed by atoms with Crippen molar-refractivity contribution < 1.29 is 9.84 Å². The molecular weight excluding hydrogens is 260 g/mol. The van der Waals surface area contributed by atoms with Crippen LogP contribution < -0.4 is 0 Å². The van der Waals surface area contributed by atoms with Crippen LogP contribution in [0.4, 0.5) is 0 Å². The Kier molecular flexibility index (Phi) is 5.32. The summed E-state index contributed by atoms with van der Waals surface area (Å²) in [6.45, 7) is 8.83. The van der Waals surface area contributed by atoms with E-state index in [1.165, 1.54) is 5.57 Å². The number of rotatable bonds is 1. The summed E-state index contributed by atoms with van der Waals surface area (Å²) in [4.78, 5) is 0. The van der Waals surface area contributed by atoms with Gasteiger partial charge >= 0.3 is 0 Å². The van der Waals surface area contributed by atoms with Gasteiger partial charge in [0.25, 0.3) is 0 Å². The molecule has 1 fully saturated rings. The predicted octanol–water partition coefficient (Wildman–Crippen LogP) is 4.78. The van der Waals surface area contributed by atoms with Crippen LogP contribution in [-0.4, -0.2) is 22.4 Å². The summed E-state index contributed by atoms with van der Waals surface area (Å²) in [6.07, 6.45) is 13.4. The second kappa shape index (κ2) is 6.66. The fourth-order valence-electron chi connectivity index (χ4n) is 3.60. The maximum absolute atomic E-state index is 10.6. The van der Waals surface area contributed by atoms with Crippen LogP contribution in [0.5, 0.6) is 0 Å². The van der Waals surface area contributed by atoms with Crippen molar-refractivity contribution in [2.75, 3.05) is 0 Å². The van der Waals surface area contributed by atoms with Crippen LogP contribution in [0.2, 0.25) is 0 Å². The van der Waals surface area contributed by atoms with Crippen molar-refractivity contribution in [1.82, 2.24) is 0 Å². The van der Waals surface area contributed by atoms with E-state index in [1.54, 1.807) is 0 Å². The minimum absolute atomic E-state index is 0.0987. The molecule has 2 heterocycles. The van der Waals surface area contributed by atoms with E-state index in [-0.39, 0.29) is 17.3 Å². The molecule has 0 radical (unpaired) electrons. The van der Waals surface area contributed by atoms with Crippen LogP contribution in [0.1, 0.15) is 72.6 Å². The number of hydrogen-bond donors (Lipinski definition) is 1. The third-order valence-corrected chi connectivity index (χ3v) is 5.51. The number of hydrogen-bond acceptors (Lipinski definition) is 2. The monoisotopic (exact) mass is 292 g/mol. The molecule has 0 spiro atoms. The Balaban J connectivity index is 2.25. The zero-order chi connectivity index (χ0) is 15.5. The van der Waals surface area contributed by atoms with E-state index in [2.05, 4.69) is 45.9 Å². The molecule has 0 aromatic carbocycles. The second-order valence-corrected chi connectivity index (χ2v) is 7.49. The lowest BCUT2D eigenvalue weighted by Gasteiger charge is -2.38. The van der Waals surface area contributed by atoms with E-state index >= 15 is 0 Å². The Labute approximate surface area is 130 Å². The van der Waals surface area contributed by atoms with Crippen molar-refractivity contribution in [3.8, 4) is 0 Å². The van der Waals surface area contributed by atoms with Gasteiger partial charge in [-0.1, -0.05) is 37.6 Å². The largest absolute Gasteiger partial charge is 0.390 e. The summed E-state index contributed by atoms with van der Waals surface area (Å²) in [7, 11) is 0. The highest BCUT2D eigenvalue weighted by Crippen LogP contribution is 2.47. The Hall–Kier alpha value is -0.600. The van der Waals surface area contributed by atoms with Crippen molar-refractivity contribution in [1.29, 1.82) is 0 Å². The van der Waals surface area contributed by atoms with Gasteiger partial charge in [-0.15, -0.1) is 0 Å². The van der Waals surface area contributed by atoms with Gasteiger partial charge in [-0.2, -0.15) is 0 Å². The summed E-state index contributed by atoms with van der Waals surface area (Å²) < 4.78 is 6.55. The van der Waals surface area contributed by atoms with E-state index in [4.69, 9.17) is 4.74 Å². The Morgan fingerprint density at radius 3 is 2.67 bits per heavy atom. The lowest BCUT2D eigenvalue weighted by Crippen LogP contribution is -2.44. The molecule has 0 saturated carbocycles. The molecule has 2 nitrogen and oxygen atoms in total. The summed E-state index contributed by atoms with van der Waals surface area (Å²) in [6, 6.07) is 0. The average Bonchev–Trinajstić information content (AvgIpc) is 2.80. The average molecular weight is 292 g/mol. The number of fused-ring (bicyclic) bond motifs is 2. The molecule has 2 aliphatic heterocycles. The molecule has 1 N–H and O–H groups in total. The van der Waals surface area contributed by atoms with E-state index < -0.39 is 0 Å². The quantitative estimate of drug-likeness (QED) is 0.705. The van der Waals surface area contributed by atoms with Crippen molar-refractivity contribution in [3.05, 3.63) is 23.8 Å². The first-order valence-corrected chi connectivity index (χ1v) is 8.57. The molecule has 21 heavy (non-hydrogen) atoms. The summed E-state index contributed by atoms with van der Waals surface area (Å²) in [5.74, 6) is 0.471. The van der Waals surface area contributed by atoms with Gasteiger partial charge in [0.2, 0.25) is 0 Å². The van der Waals surface area contributed by atoms with Gasteiger partial charge in [0.1, 0.15) is 0 Å². The molecule has 2 aliphatic rings. The Morgan fingerprint density at radius 2 is 1.95 bits per heavy atom. The molecule has 0 amide bonds. The summed E-state index contributed by atoms with van der Waals surface area (Å²) >= 11 is 0. The van der Waals surface area contributed by atoms with Crippen molar-refractivity contribution in [3.63, 3.8) is 0 Å². The molecule has 0 aliphatic carbocycles. The van der Waals surface area contributed by atoms with Crippen molar-refractivity contribution in [2.45, 2.75) is 89.9 Å². The van der Waals surface area contributed by atoms with Crippen LogP contribution >= 0.6 is 0 Å². The second-order valence-electron chi connectivity index (χ2n) is 7.49. The van der Waals surface area contributed by atoms with E-state index in [1.807, 2.05) is 0 Å². The van der Waals surface area contributed by atoms with Crippen LogP contribution in [0.25, 0.3) is 0 Å². The van der Waals surface area contributed by atoms with E-state index in [0.717, 1.165) is 44.9 Å². The van der Waals surface area contributed by atoms with E-state index in [0.29, 0.717) is 5.92 Å². The van der Waals surface area contributed by atoms with Gasteiger partial charge < -0.3 is 9.84 Å². The van der Waals surface area contributed by atoms with Crippen molar-refractivity contribution in [2.24, 2.45) is 5.92 Å². The Morgan fingerprint density at radius 1 is 1.24 bits per heavy atom. The smallest absolute Gasteiger partial charge is 0.0921 e. The van der Waals surface area contributed by atoms with Gasteiger partial charge in [0.05, 0.1) is 17.3 Å². The molecule has 0 aromatic rings. The third-order valence-electron chi connectivity index (χ3n) is 5.51. The first kappa shape index (κ1) is 16.8. The summed E-state index contributed by atoms with van der Waals surface area (Å²) in [5.41, 5.74) is 0.975. The Bertz CT molecular complexity index is 410. The van der Waals surface area contributed by atoms with Gasteiger partial charge in [-0.05, 0) is 64.7 Å². The molecule has 2 heteroatoms. The minimum Gasteiger partial charge on any atom is -0.390 e. The normalized spacial score (nSPS) is 42.6. The van der Waals surface area contributed by atoms with Crippen LogP contribution in [0.15, 0.2) is 23.8 Å². The van der Waals surface area contributed by atoms with Gasteiger partial charge in [0, 0.05) is 0 Å². The molecule has 1 saturated heterocycles. The lowest BCUT2D eigenvalue weighted by molar-refractivity contribution is -0.162. The lowest BCUT2D eigenvalue weighted by atomic mass is 9.82. The minimum atomic E-state index is -0.381. The van der Waals surface area contributed by atoms with E-state index in [9.17, 15) is 5.11 Å². The highest BCUT2D eigenvalue weighted by Gasteiger charge is 2.50. The number of aliphatic hydroxyl groups is 1. The first-order chi connectivity index (χ1) is 9.88. The van der Waals surface area contributed by atoms with Crippen molar-refractivity contribution >= 4 is 0 Å². The maximum atomic E-state index is 10.6. The fourth-order valence-corrected chi connectivity index (χ4v) is 3.60. The molecule has 2 bridgehead atoms. The molecule has 2 rings (SSSR count). The van der Waals surface area contributed by atoms with Crippen LogP contribution in [-0.2, 0) is 4.74 Å². The van der Waals surface area contributed by atoms with Gasteiger partial charge in [0.15, 0.2) is 0 Å². The fraction of sp³-hybridized carbons (Fsp3) is 0.789. The topological polar surface area (TPSA) is 29.5 Å². The highest BCUT2D eigenvalue weighted by molar-refractivity contribution is 5.08. The number of aliphatic hydroxyl groups excluding tert-OH is 1. The molecule has 0 aromatic heterocycles. The first-order valence-electron chi connectivity index (χ1n) is 8.57. The molecule has 1 unspecified atom stereocenters. The standard InChI is InChI=1S/C19H32O2/c1-15(2)19-12-11-16(3)9-7-5-6-8-10-17(20)18(4,21-19)13-14-19/h5-6,11,15,17,20H,7-10,12-14H2,1-4H3/b6-5+,16-11+/t17-,18?,19+/m1/s1. The maximum Gasteiger partial charge on any atom is 0.0921 e. The van der Waals surface area contributed by atoms with Crippen LogP contribution in [0, 0.1) is 5.92 Å². The SMILES string of the molecule is C/C1=C\C[C@@]2(C(C)C)CCC(C)(O2)[C@H](O)CC/C=C/CC1. The van der Waals surface area contributed by atoms with Gasteiger partial charge in [-0.25, -0.2) is 0 Å². The van der Waals surface area contributed by atoms with Gasteiger partial charge in [-0.3, -0.25) is 0 Å². The molecule has 120 valence electrons. The number of ether oxygens (including phenoxy) is 1. The predicted molar refractivity (Wildman–Crippen MR) is 88.3 cm³/mol. The van der Waals surface area contributed by atoms with Crippen LogP contribution in [0.3, 0.4) is 0 Å². The zero-order valence-corrected chi connectivity index (χ0v) is 14.2. The summed E-state index contributed by atoms with van der Waals surface area (Å²) in [5, 5.41) is 10.6.